The maximum Gasteiger partial charge on any atom is 0.416 e. The number of nitrogens with zero attached hydrogens (tertiary/aromatic N) is 2. The van der Waals surface area contributed by atoms with Crippen molar-refractivity contribution in [3.63, 3.8) is 0 Å². The Kier molecular flexibility index (Phi) is 7.23. The monoisotopic (exact) mass is 495 g/mol. The molecule has 2 N–H and O–H groups in total. The van der Waals surface area contributed by atoms with Gasteiger partial charge in [0.25, 0.3) is 11.8 Å². The van der Waals surface area contributed by atoms with Gasteiger partial charge in [0.15, 0.2) is 5.75 Å². The predicted octanol–water partition coefficient (Wildman–Crippen LogP) is 5.99. The van der Waals surface area contributed by atoms with Crippen LogP contribution < -0.4 is 10.3 Å². The molecule has 3 aromatic rings. The summed E-state index contributed by atoms with van der Waals surface area (Å²) >= 11 is 2.06. The fourth-order valence-electron chi connectivity index (χ4n) is 2.86. The standard InChI is InChI=1S/C22H20F3N3O3S2/c1-4-26-28(21(31)17-10-9-16(33-17)20(30)27-12(2)3)15-11-32-19(18(15)29)13-5-7-14(8-6-13)22(23,24)25/h4-12,29H,1-3H3,(H,27,30). The van der Waals surface area contributed by atoms with E-state index < -0.39 is 17.6 Å². The highest BCUT2D eigenvalue weighted by Crippen LogP contribution is 2.44. The molecular formula is C22H20F3N3O3S2. The number of carbonyl (C=O) groups is 2. The van der Waals surface area contributed by atoms with E-state index in [2.05, 4.69) is 10.4 Å². The van der Waals surface area contributed by atoms with Crippen LogP contribution in [-0.2, 0) is 6.18 Å². The molecule has 2 aromatic heterocycles. The van der Waals surface area contributed by atoms with Crippen LogP contribution in [0, 0.1) is 0 Å². The van der Waals surface area contributed by atoms with Gasteiger partial charge in [-0.1, -0.05) is 12.1 Å². The van der Waals surface area contributed by atoms with E-state index in [-0.39, 0.29) is 28.3 Å². The van der Waals surface area contributed by atoms with Crippen LogP contribution in [0.5, 0.6) is 5.75 Å². The summed E-state index contributed by atoms with van der Waals surface area (Å²) < 4.78 is 38.5. The number of aromatic hydroxyl groups is 1. The molecule has 0 fully saturated rings. The molecule has 33 heavy (non-hydrogen) atoms. The Balaban J connectivity index is 1.91. The molecule has 0 saturated carbocycles. The van der Waals surface area contributed by atoms with Crippen molar-refractivity contribution >= 4 is 46.4 Å². The van der Waals surface area contributed by atoms with E-state index in [9.17, 15) is 27.9 Å². The number of carbonyl (C=O) groups excluding carboxylic acids is 2. The molecule has 0 bridgehead atoms. The third-order valence-electron chi connectivity index (χ3n) is 4.33. The van der Waals surface area contributed by atoms with Crippen molar-refractivity contribution in [2.45, 2.75) is 33.0 Å². The van der Waals surface area contributed by atoms with Crippen molar-refractivity contribution in [3.05, 3.63) is 57.1 Å². The Labute approximate surface area is 196 Å². The minimum Gasteiger partial charge on any atom is -0.504 e. The molecular weight excluding hydrogens is 475 g/mol. The lowest BCUT2D eigenvalue weighted by Crippen LogP contribution is -2.29. The summed E-state index contributed by atoms with van der Waals surface area (Å²) in [7, 11) is 0. The topological polar surface area (TPSA) is 82.0 Å². The van der Waals surface area contributed by atoms with E-state index in [0.717, 1.165) is 39.8 Å². The second-order valence-electron chi connectivity index (χ2n) is 7.16. The first kappa shape index (κ1) is 24.5. The van der Waals surface area contributed by atoms with Gasteiger partial charge in [-0.2, -0.15) is 23.3 Å². The highest BCUT2D eigenvalue weighted by molar-refractivity contribution is 7.16. The minimum atomic E-state index is -4.47. The zero-order chi connectivity index (χ0) is 24.3. The molecule has 2 heterocycles. The fourth-order valence-corrected chi connectivity index (χ4v) is 4.62. The second kappa shape index (κ2) is 9.75. The van der Waals surface area contributed by atoms with E-state index in [4.69, 9.17) is 0 Å². The maximum atomic E-state index is 13.1. The summed E-state index contributed by atoms with van der Waals surface area (Å²) in [5.41, 5.74) is -0.349. The number of rotatable bonds is 6. The summed E-state index contributed by atoms with van der Waals surface area (Å²) in [6.45, 7) is 5.24. The third kappa shape index (κ3) is 5.42. The number of thiophene rings is 2. The number of alkyl halides is 3. The Morgan fingerprint density at radius 2 is 1.76 bits per heavy atom. The summed E-state index contributed by atoms with van der Waals surface area (Å²) in [6.07, 6.45) is -3.10. The van der Waals surface area contributed by atoms with E-state index >= 15 is 0 Å². The van der Waals surface area contributed by atoms with Crippen LogP contribution in [0.3, 0.4) is 0 Å². The van der Waals surface area contributed by atoms with Crippen molar-refractivity contribution in [1.82, 2.24) is 5.32 Å². The van der Waals surface area contributed by atoms with Gasteiger partial charge in [-0.15, -0.1) is 22.7 Å². The summed E-state index contributed by atoms with van der Waals surface area (Å²) in [4.78, 5) is 26.2. The molecule has 0 aliphatic heterocycles. The summed E-state index contributed by atoms with van der Waals surface area (Å²) in [5, 5.41) is 20.0. The molecule has 0 atom stereocenters. The van der Waals surface area contributed by atoms with Gasteiger partial charge in [-0.05, 0) is 50.6 Å². The van der Waals surface area contributed by atoms with Gasteiger partial charge in [-0.25, -0.2) is 0 Å². The first-order chi connectivity index (χ1) is 15.5. The van der Waals surface area contributed by atoms with Crippen molar-refractivity contribution in [3.8, 4) is 16.2 Å². The SMILES string of the molecule is CC=NN(C(=O)c1ccc(C(=O)NC(C)C)s1)c1csc(-c2ccc(C(F)(F)F)cc2)c1O. The van der Waals surface area contributed by atoms with Gasteiger partial charge in [0.1, 0.15) is 5.69 Å². The van der Waals surface area contributed by atoms with E-state index in [1.54, 1.807) is 6.92 Å². The molecule has 0 aliphatic rings. The number of amides is 2. The Morgan fingerprint density at radius 1 is 1.12 bits per heavy atom. The first-order valence-corrected chi connectivity index (χ1v) is 11.4. The third-order valence-corrected chi connectivity index (χ3v) is 6.41. The number of hydrogen-bond donors (Lipinski definition) is 2. The van der Waals surface area contributed by atoms with Crippen molar-refractivity contribution < 1.29 is 27.9 Å². The molecule has 1 aromatic carbocycles. The summed E-state index contributed by atoms with van der Waals surface area (Å²) in [5.74, 6) is -1.15. The van der Waals surface area contributed by atoms with Gasteiger partial charge in [0.2, 0.25) is 0 Å². The lowest BCUT2D eigenvalue weighted by molar-refractivity contribution is -0.137. The average molecular weight is 496 g/mol. The van der Waals surface area contributed by atoms with Crippen LogP contribution in [0.4, 0.5) is 18.9 Å². The fraction of sp³-hybridized carbons (Fsp3) is 0.227. The predicted molar refractivity (Wildman–Crippen MR) is 124 cm³/mol. The Bertz CT molecular complexity index is 1180. The minimum absolute atomic E-state index is 0.0636. The van der Waals surface area contributed by atoms with Crippen LogP contribution >= 0.6 is 22.7 Å². The van der Waals surface area contributed by atoms with Crippen molar-refractivity contribution in [2.75, 3.05) is 5.01 Å². The molecule has 174 valence electrons. The van der Waals surface area contributed by atoms with Gasteiger partial charge in [0.05, 0.1) is 20.2 Å². The highest BCUT2D eigenvalue weighted by Gasteiger charge is 2.30. The van der Waals surface area contributed by atoms with E-state index in [0.29, 0.717) is 15.3 Å². The molecule has 0 radical (unpaired) electrons. The normalized spacial score (nSPS) is 11.8. The van der Waals surface area contributed by atoms with Gasteiger partial charge >= 0.3 is 6.18 Å². The molecule has 3 rings (SSSR count). The largest absolute Gasteiger partial charge is 0.504 e. The lowest BCUT2D eigenvalue weighted by atomic mass is 10.1. The molecule has 0 aliphatic carbocycles. The number of anilines is 1. The molecule has 0 saturated heterocycles. The molecule has 0 unspecified atom stereocenters. The van der Waals surface area contributed by atoms with Crippen LogP contribution in [0.25, 0.3) is 10.4 Å². The second-order valence-corrected chi connectivity index (χ2v) is 9.12. The van der Waals surface area contributed by atoms with Crippen LogP contribution in [0.1, 0.15) is 45.7 Å². The molecule has 2 amide bonds. The van der Waals surface area contributed by atoms with Gasteiger partial charge < -0.3 is 10.4 Å². The maximum absolute atomic E-state index is 13.1. The number of benzene rings is 1. The molecule has 11 heteroatoms. The summed E-state index contributed by atoms with van der Waals surface area (Å²) in [6, 6.07) is 7.34. The van der Waals surface area contributed by atoms with E-state index in [1.807, 2.05) is 13.8 Å². The van der Waals surface area contributed by atoms with E-state index in [1.165, 1.54) is 35.9 Å². The number of halogens is 3. The zero-order valence-electron chi connectivity index (χ0n) is 17.8. The van der Waals surface area contributed by atoms with Crippen LogP contribution in [0.2, 0.25) is 0 Å². The van der Waals surface area contributed by atoms with Crippen LogP contribution in [-0.4, -0.2) is 29.2 Å². The van der Waals surface area contributed by atoms with Crippen molar-refractivity contribution in [2.24, 2.45) is 5.10 Å². The van der Waals surface area contributed by atoms with Gasteiger partial charge in [0, 0.05) is 17.6 Å². The average Bonchev–Trinajstić information content (AvgIpc) is 3.38. The molecule has 0 spiro atoms. The van der Waals surface area contributed by atoms with Crippen LogP contribution in [0.15, 0.2) is 46.9 Å². The highest BCUT2D eigenvalue weighted by atomic mass is 32.1. The van der Waals surface area contributed by atoms with Gasteiger partial charge in [-0.3, -0.25) is 9.59 Å². The smallest absolute Gasteiger partial charge is 0.416 e. The Morgan fingerprint density at radius 3 is 2.33 bits per heavy atom. The quantitative estimate of drug-likeness (QED) is 0.325. The lowest BCUT2D eigenvalue weighted by Gasteiger charge is -2.15. The number of nitrogens with one attached hydrogen (secondary N) is 1. The molecule has 6 nitrogen and oxygen atoms in total. The zero-order valence-corrected chi connectivity index (χ0v) is 19.4. The van der Waals surface area contributed by atoms with Crippen molar-refractivity contribution in [1.29, 1.82) is 0 Å². The number of hydrogen-bond acceptors (Lipinski definition) is 6. The number of hydrazone groups is 1. The Hall–Kier alpha value is -3.18. The first-order valence-electron chi connectivity index (χ1n) is 9.74.